The third-order valence-corrected chi connectivity index (χ3v) is 2.93. The van der Waals surface area contributed by atoms with Crippen molar-refractivity contribution in [2.75, 3.05) is 0 Å². The fraction of sp³-hybridized carbons (Fsp3) is 0.176. The van der Waals surface area contributed by atoms with E-state index in [1.165, 1.54) is 0 Å². The summed E-state index contributed by atoms with van der Waals surface area (Å²) in [5.41, 5.74) is 3.07. The number of aliphatic carboxylic acids is 1. The van der Waals surface area contributed by atoms with Crippen LogP contribution in [-0.2, 0) is 17.6 Å². The van der Waals surface area contributed by atoms with Crippen molar-refractivity contribution in [2.24, 2.45) is 0 Å². The maximum Gasteiger partial charge on any atom is 0.490 e. The number of phenolic OH excluding ortho intramolecular Hbond substituents is 1. The Bertz CT molecular complexity index is 719. The molecule has 2 N–H and O–H groups in total. The molecule has 0 atom stereocenters. The van der Waals surface area contributed by atoms with Gasteiger partial charge >= 0.3 is 12.1 Å². The van der Waals surface area contributed by atoms with Crippen LogP contribution in [0.3, 0.4) is 0 Å². The molecule has 7 heteroatoms. The number of benzene rings is 2. The number of halogens is 3. The van der Waals surface area contributed by atoms with Crippen LogP contribution in [0.15, 0.2) is 48.5 Å². The first-order chi connectivity index (χ1) is 11.2. The van der Waals surface area contributed by atoms with Gasteiger partial charge in [0, 0.05) is 6.42 Å². The maximum absolute atomic E-state index is 10.6. The molecule has 0 radical (unpaired) electrons. The van der Waals surface area contributed by atoms with Crippen molar-refractivity contribution in [1.82, 2.24) is 0 Å². The molecular formula is C17H14F3NO3. The van der Waals surface area contributed by atoms with Crippen molar-refractivity contribution in [1.29, 1.82) is 5.26 Å². The molecule has 4 nitrogen and oxygen atoms in total. The van der Waals surface area contributed by atoms with Gasteiger partial charge in [0.05, 0.1) is 12.5 Å². The molecule has 0 spiro atoms. The van der Waals surface area contributed by atoms with E-state index in [2.05, 4.69) is 6.07 Å². The smallest absolute Gasteiger partial charge is 0.490 e. The van der Waals surface area contributed by atoms with Crippen molar-refractivity contribution < 1.29 is 28.2 Å². The summed E-state index contributed by atoms with van der Waals surface area (Å²) < 4.78 is 31.7. The van der Waals surface area contributed by atoms with Gasteiger partial charge in [-0.2, -0.15) is 18.4 Å². The Hall–Kier alpha value is -3.01. The van der Waals surface area contributed by atoms with Crippen LogP contribution >= 0.6 is 0 Å². The van der Waals surface area contributed by atoms with Gasteiger partial charge in [-0.15, -0.1) is 0 Å². The van der Waals surface area contributed by atoms with Gasteiger partial charge in [0.1, 0.15) is 5.75 Å². The zero-order valence-corrected chi connectivity index (χ0v) is 12.4. The van der Waals surface area contributed by atoms with Gasteiger partial charge in [-0.05, 0) is 22.8 Å². The fourth-order valence-electron chi connectivity index (χ4n) is 1.75. The van der Waals surface area contributed by atoms with Crippen molar-refractivity contribution in [2.45, 2.75) is 19.0 Å². The molecule has 0 amide bonds. The van der Waals surface area contributed by atoms with Gasteiger partial charge in [-0.1, -0.05) is 42.5 Å². The first-order valence-corrected chi connectivity index (χ1v) is 6.75. The number of alkyl halides is 3. The zero-order valence-electron chi connectivity index (χ0n) is 12.4. The molecule has 126 valence electrons. The molecular weight excluding hydrogens is 323 g/mol. The molecule has 0 aromatic heterocycles. The predicted molar refractivity (Wildman–Crippen MR) is 80.4 cm³/mol. The van der Waals surface area contributed by atoms with E-state index in [1.807, 2.05) is 42.5 Å². The van der Waals surface area contributed by atoms with Crippen LogP contribution in [0.25, 0.3) is 0 Å². The first kappa shape index (κ1) is 19.0. The van der Waals surface area contributed by atoms with Crippen molar-refractivity contribution in [3.8, 4) is 11.8 Å². The Labute approximate surface area is 136 Å². The summed E-state index contributed by atoms with van der Waals surface area (Å²) in [5, 5.41) is 25.4. The van der Waals surface area contributed by atoms with Gasteiger partial charge in [0.15, 0.2) is 0 Å². The summed E-state index contributed by atoms with van der Waals surface area (Å²) in [6, 6.07) is 17.4. The van der Waals surface area contributed by atoms with Crippen LogP contribution in [0.4, 0.5) is 13.2 Å². The Morgan fingerprint density at radius 2 is 1.54 bits per heavy atom. The van der Waals surface area contributed by atoms with Crippen LogP contribution in [0, 0.1) is 11.3 Å². The summed E-state index contributed by atoms with van der Waals surface area (Å²) in [5.74, 6) is -2.43. The lowest BCUT2D eigenvalue weighted by Crippen LogP contribution is -2.21. The average Bonchev–Trinajstić information content (AvgIpc) is 2.51. The van der Waals surface area contributed by atoms with Crippen molar-refractivity contribution in [3.63, 3.8) is 0 Å². The second kappa shape index (κ2) is 8.58. The highest BCUT2D eigenvalue weighted by molar-refractivity contribution is 5.73. The molecule has 2 rings (SSSR count). The minimum absolute atomic E-state index is 0.327. The van der Waals surface area contributed by atoms with E-state index < -0.39 is 12.1 Å². The molecule has 24 heavy (non-hydrogen) atoms. The molecule has 0 bridgehead atoms. The number of carbonyl (C=O) groups is 1. The Balaban J connectivity index is 0.000000351. The van der Waals surface area contributed by atoms with Crippen LogP contribution in [0.1, 0.15) is 16.7 Å². The van der Waals surface area contributed by atoms with Crippen molar-refractivity contribution in [3.05, 3.63) is 65.2 Å². The monoisotopic (exact) mass is 337 g/mol. The number of aromatic hydroxyl groups is 1. The number of rotatable bonds is 3. The lowest BCUT2D eigenvalue weighted by atomic mass is 10.0. The summed E-state index contributed by atoms with van der Waals surface area (Å²) >= 11 is 0. The largest absolute Gasteiger partial charge is 0.508 e. The Morgan fingerprint density at radius 3 is 2.00 bits per heavy atom. The average molecular weight is 337 g/mol. The van der Waals surface area contributed by atoms with Crippen LogP contribution in [-0.4, -0.2) is 22.4 Å². The third kappa shape index (κ3) is 6.40. The molecule has 2 aromatic rings. The number of carboxylic acids is 1. The molecule has 0 saturated heterocycles. The van der Waals surface area contributed by atoms with E-state index in [9.17, 15) is 18.3 Å². The lowest BCUT2D eigenvalue weighted by molar-refractivity contribution is -0.192. The quantitative estimate of drug-likeness (QED) is 0.895. The topological polar surface area (TPSA) is 81.3 Å². The fourth-order valence-corrected chi connectivity index (χ4v) is 1.75. The van der Waals surface area contributed by atoms with E-state index >= 15 is 0 Å². The summed E-state index contributed by atoms with van der Waals surface area (Å²) in [7, 11) is 0. The van der Waals surface area contributed by atoms with Gasteiger partial charge in [-0.3, -0.25) is 0 Å². The molecule has 0 aliphatic heterocycles. The van der Waals surface area contributed by atoms with E-state index in [0.717, 1.165) is 16.7 Å². The molecule has 0 unspecified atom stereocenters. The molecule has 0 fully saturated rings. The van der Waals surface area contributed by atoms with E-state index in [4.69, 9.17) is 15.2 Å². The maximum atomic E-state index is 10.6. The van der Waals surface area contributed by atoms with Gasteiger partial charge in [0.25, 0.3) is 0 Å². The van der Waals surface area contributed by atoms with E-state index in [1.54, 1.807) is 6.07 Å². The van der Waals surface area contributed by atoms with Crippen LogP contribution < -0.4 is 0 Å². The molecule has 0 heterocycles. The van der Waals surface area contributed by atoms with Gasteiger partial charge in [0.2, 0.25) is 0 Å². The normalized spacial score (nSPS) is 10.2. The third-order valence-electron chi connectivity index (χ3n) is 2.93. The molecule has 0 aliphatic carbocycles. The second-order valence-corrected chi connectivity index (χ2v) is 4.76. The highest BCUT2D eigenvalue weighted by Crippen LogP contribution is 2.19. The van der Waals surface area contributed by atoms with Gasteiger partial charge in [-0.25, -0.2) is 4.79 Å². The number of hydrogen-bond acceptors (Lipinski definition) is 3. The minimum atomic E-state index is -5.08. The number of hydrogen-bond donors (Lipinski definition) is 2. The highest BCUT2D eigenvalue weighted by atomic mass is 19.4. The molecule has 2 aromatic carbocycles. The zero-order chi connectivity index (χ0) is 18.2. The lowest BCUT2D eigenvalue weighted by Gasteiger charge is -2.05. The van der Waals surface area contributed by atoms with Gasteiger partial charge < -0.3 is 10.2 Å². The first-order valence-electron chi connectivity index (χ1n) is 6.75. The number of para-hydroxylation sites is 1. The number of carboxylic acid groups (broad SMARTS) is 1. The molecule has 0 saturated carbocycles. The van der Waals surface area contributed by atoms with E-state index in [-0.39, 0.29) is 0 Å². The van der Waals surface area contributed by atoms with Crippen LogP contribution in [0.2, 0.25) is 0 Å². The minimum Gasteiger partial charge on any atom is -0.508 e. The van der Waals surface area contributed by atoms with E-state index in [0.29, 0.717) is 18.6 Å². The number of nitriles is 1. The van der Waals surface area contributed by atoms with Crippen molar-refractivity contribution >= 4 is 5.97 Å². The predicted octanol–water partition coefficient (Wildman–Crippen LogP) is 3.68. The SMILES string of the molecule is N#CCc1ccc(Cc2ccccc2O)cc1.O=C(O)C(F)(F)F. The summed E-state index contributed by atoms with van der Waals surface area (Å²) in [6.45, 7) is 0. The Morgan fingerprint density at radius 1 is 1.04 bits per heavy atom. The highest BCUT2D eigenvalue weighted by Gasteiger charge is 2.38. The molecule has 0 aliphatic rings. The summed E-state index contributed by atoms with van der Waals surface area (Å²) in [6.07, 6.45) is -3.93. The number of phenols is 1. The summed E-state index contributed by atoms with van der Waals surface area (Å²) in [4.78, 5) is 8.90. The Kier molecular flexibility index (Phi) is 6.80. The number of nitrogens with zero attached hydrogens (tertiary/aromatic N) is 1. The second-order valence-electron chi connectivity index (χ2n) is 4.76. The van der Waals surface area contributed by atoms with Crippen LogP contribution in [0.5, 0.6) is 5.75 Å². The standard InChI is InChI=1S/C15H13NO.C2HF3O2/c16-10-9-12-5-7-13(8-6-12)11-14-3-1-2-4-15(14)17;3-2(4,5)1(6)7/h1-8,17H,9,11H2;(H,6,7).